The van der Waals surface area contributed by atoms with Gasteiger partial charge >= 0.3 is 0 Å². The fourth-order valence-electron chi connectivity index (χ4n) is 4.67. The molecule has 2 aliphatic rings. The van der Waals surface area contributed by atoms with Gasteiger partial charge in [0.1, 0.15) is 11.6 Å². The number of likely N-dealkylation sites (tertiary alicyclic amines) is 1. The van der Waals surface area contributed by atoms with Crippen LogP contribution in [0.25, 0.3) is 0 Å². The van der Waals surface area contributed by atoms with Gasteiger partial charge in [-0.25, -0.2) is 8.78 Å². The van der Waals surface area contributed by atoms with E-state index in [-0.39, 0.29) is 11.6 Å². The number of fused-ring (bicyclic) bond motifs is 1. The van der Waals surface area contributed by atoms with Gasteiger partial charge in [0.25, 0.3) is 0 Å². The summed E-state index contributed by atoms with van der Waals surface area (Å²) in [6, 6.07) is 13.2. The topological polar surface area (TPSA) is 23.5 Å². The second kappa shape index (κ2) is 7.45. The molecule has 1 N–H and O–H groups in total. The van der Waals surface area contributed by atoms with Crippen molar-refractivity contribution in [2.75, 3.05) is 19.6 Å². The number of hydrogen-bond acceptors (Lipinski definition) is 2. The summed E-state index contributed by atoms with van der Waals surface area (Å²) >= 11 is 0. The van der Waals surface area contributed by atoms with Crippen molar-refractivity contribution in [3.8, 4) is 0 Å². The molecule has 0 bridgehead atoms. The summed E-state index contributed by atoms with van der Waals surface area (Å²) in [7, 11) is 0. The maximum atomic E-state index is 14.0. The number of aliphatic hydroxyl groups excluding tert-OH is 1. The molecule has 1 aliphatic heterocycles. The third-order valence-corrected chi connectivity index (χ3v) is 6.15. The van der Waals surface area contributed by atoms with Crippen molar-refractivity contribution < 1.29 is 13.9 Å². The van der Waals surface area contributed by atoms with Crippen LogP contribution in [0.2, 0.25) is 0 Å². The Kier molecular flexibility index (Phi) is 5.05. The van der Waals surface area contributed by atoms with Crippen molar-refractivity contribution in [1.29, 1.82) is 0 Å². The Morgan fingerprint density at radius 2 is 1.81 bits per heavy atom. The first-order chi connectivity index (χ1) is 12.6. The normalized spacial score (nSPS) is 26.3. The van der Waals surface area contributed by atoms with Gasteiger partial charge in [0.15, 0.2) is 0 Å². The van der Waals surface area contributed by atoms with Gasteiger partial charge in [-0.3, -0.25) is 0 Å². The quantitative estimate of drug-likeness (QED) is 0.822. The molecule has 0 amide bonds. The fourth-order valence-corrected chi connectivity index (χ4v) is 4.67. The summed E-state index contributed by atoms with van der Waals surface area (Å²) < 4.78 is 27.0. The van der Waals surface area contributed by atoms with Crippen LogP contribution in [-0.2, 0) is 0 Å². The maximum Gasteiger partial charge on any atom is 0.126 e. The minimum absolute atomic E-state index is 0.0724. The molecule has 0 radical (unpaired) electrons. The molecule has 4 atom stereocenters. The molecule has 4 rings (SSSR count). The van der Waals surface area contributed by atoms with Gasteiger partial charge in [0, 0.05) is 13.1 Å². The van der Waals surface area contributed by atoms with Crippen molar-refractivity contribution in [3.05, 3.63) is 71.3 Å². The average molecular weight is 357 g/mol. The molecule has 2 nitrogen and oxygen atoms in total. The summed E-state index contributed by atoms with van der Waals surface area (Å²) in [5.74, 6) is 1.25. The van der Waals surface area contributed by atoms with E-state index in [1.54, 1.807) is 24.3 Å². The van der Waals surface area contributed by atoms with Gasteiger partial charge in [-0.15, -0.1) is 0 Å². The molecular weight excluding hydrogens is 332 g/mol. The molecule has 1 saturated carbocycles. The van der Waals surface area contributed by atoms with E-state index < -0.39 is 6.10 Å². The summed E-state index contributed by atoms with van der Waals surface area (Å²) in [5, 5.41) is 10.2. The first kappa shape index (κ1) is 17.6. The average Bonchev–Trinajstić information content (AvgIpc) is 2.94. The number of aliphatic hydroxyl groups is 1. The molecule has 2 fully saturated rings. The standard InChI is InChI=1S/C22H25F2NO/c23-17-9-7-15(8-10-17)22(26)6-3-11-25-13-16-12-19(20(16)14-25)18-4-1-2-5-21(18)24/h1-2,4-5,7-10,16,19-20,22,26H,3,6,11-14H2. The van der Waals surface area contributed by atoms with Gasteiger partial charge < -0.3 is 10.0 Å². The Labute approximate surface area is 153 Å². The highest BCUT2D eigenvalue weighted by molar-refractivity contribution is 5.26. The predicted octanol–water partition coefficient (Wildman–Crippen LogP) is 4.51. The lowest BCUT2D eigenvalue weighted by atomic mass is 9.64. The molecule has 0 aromatic heterocycles. The summed E-state index contributed by atoms with van der Waals surface area (Å²) in [6.07, 6.45) is 2.12. The van der Waals surface area contributed by atoms with Crippen LogP contribution in [0.3, 0.4) is 0 Å². The van der Waals surface area contributed by atoms with Crippen molar-refractivity contribution in [3.63, 3.8) is 0 Å². The van der Waals surface area contributed by atoms with Gasteiger partial charge in [0.05, 0.1) is 6.10 Å². The van der Waals surface area contributed by atoms with Crippen LogP contribution >= 0.6 is 0 Å². The number of nitrogens with zero attached hydrogens (tertiary/aromatic N) is 1. The highest BCUT2D eigenvalue weighted by Crippen LogP contribution is 2.51. The van der Waals surface area contributed by atoms with Crippen LogP contribution in [0.5, 0.6) is 0 Å². The Morgan fingerprint density at radius 1 is 1.04 bits per heavy atom. The summed E-state index contributed by atoms with van der Waals surface area (Å²) in [6.45, 7) is 3.06. The van der Waals surface area contributed by atoms with Gasteiger partial charge in [-0.1, -0.05) is 30.3 Å². The molecule has 4 heteroatoms. The molecule has 2 aromatic rings. The summed E-state index contributed by atoms with van der Waals surface area (Å²) in [4.78, 5) is 2.45. The molecular formula is C22H25F2NO. The molecule has 4 unspecified atom stereocenters. The third kappa shape index (κ3) is 3.53. The molecule has 138 valence electrons. The van der Waals surface area contributed by atoms with Crippen LogP contribution in [0.4, 0.5) is 8.78 Å². The van der Waals surface area contributed by atoms with Crippen LogP contribution in [0.15, 0.2) is 48.5 Å². The molecule has 0 spiro atoms. The number of hydrogen-bond donors (Lipinski definition) is 1. The zero-order valence-electron chi connectivity index (χ0n) is 14.8. The van der Waals surface area contributed by atoms with E-state index in [0.717, 1.165) is 43.6 Å². The van der Waals surface area contributed by atoms with E-state index in [0.29, 0.717) is 24.2 Å². The van der Waals surface area contributed by atoms with Crippen LogP contribution in [0.1, 0.15) is 42.4 Å². The van der Waals surface area contributed by atoms with Gasteiger partial charge in [-0.05, 0) is 72.9 Å². The minimum Gasteiger partial charge on any atom is -0.388 e. The maximum absolute atomic E-state index is 14.0. The molecule has 26 heavy (non-hydrogen) atoms. The second-order valence-corrected chi connectivity index (χ2v) is 7.76. The van der Waals surface area contributed by atoms with Crippen LogP contribution in [-0.4, -0.2) is 29.6 Å². The highest BCUT2D eigenvalue weighted by Gasteiger charge is 2.47. The van der Waals surface area contributed by atoms with E-state index in [1.807, 2.05) is 12.1 Å². The fraction of sp³-hybridized carbons (Fsp3) is 0.455. The predicted molar refractivity (Wildman–Crippen MR) is 97.8 cm³/mol. The first-order valence-electron chi connectivity index (χ1n) is 9.52. The smallest absolute Gasteiger partial charge is 0.126 e. The second-order valence-electron chi connectivity index (χ2n) is 7.76. The zero-order chi connectivity index (χ0) is 18.1. The Morgan fingerprint density at radius 3 is 2.58 bits per heavy atom. The molecule has 1 heterocycles. The Hall–Kier alpha value is -1.78. The van der Waals surface area contributed by atoms with Crippen molar-refractivity contribution in [1.82, 2.24) is 4.90 Å². The van der Waals surface area contributed by atoms with Crippen LogP contribution in [0, 0.1) is 23.5 Å². The molecule has 1 aliphatic carbocycles. The van der Waals surface area contributed by atoms with Gasteiger partial charge in [0.2, 0.25) is 0 Å². The van der Waals surface area contributed by atoms with E-state index in [2.05, 4.69) is 4.90 Å². The minimum atomic E-state index is -0.541. The largest absolute Gasteiger partial charge is 0.388 e. The first-order valence-corrected chi connectivity index (χ1v) is 9.52. The van der Waals surface area contributed by atoms with Crippen molar-refractivity contribution in [2.24, 2.45) is 11.8 Å². The molecule has 2 aromatic carbocycles. The van der Waals surface area contributed by atoms with Gasteiger partial charge in [-0.2, -0.15) is 0 Å². The monoisotopic (exact) mass is 357 g/mol. The Bertz CT molecular complexity index is 748. The van der Waals surface area contributed by atoms with E-state index in [1.165, 1.54) is 12.1 Å². The summed E-state index contributed by atoms with van der Waals surface area (Å²) in [5.41, 5.74) is 1.65. The van der Waals surface area contributed by atoms with Crippen molar-refractivity contribution >= 4 is 0 Å². The zero-order valence-corrected chi connectivity index (χ0v) is 14.8. The lowest BCUT2D eigenvalue weighted by molar-refractivity contribution is 0.157. The third-order valence-electron chi connectivity index (χ3n) is 6.15. The van der Waals surface area contributed by atoms with E-state index in [9.17, 15) is 13.9 Å². The van der Waals surface area contributed by atoms with E-state index in [4.69, 9.17) is 0 Å². The SMILES string of the molecule is OC(CCCN1CC2CC(c3ccccc3F)C2C1)c1ccc(F)cc1. The number of rotatable bonds is 6. The number of halogens is 2. The van der Waals surface area contributed by atoms with Crippen molar-refractivity contribution in [2.45, 2.75) is 31.3 Å². The van der Waals surface area contributed by atoms with Crippen LogP contribution < -0.4 is 0 Å². The highest BCUT2D eigenvalue weighted by atomic mass is 19.1. The lowest BCUT2D eigenvalue weighted by Crippen LogP contribution is -2.34. The van der Waals surface area contributed by atoms with E-state index >= 15 is 0 Å². The number of benzene rings is 2. The Balaban J connectivity index is 1.25. The lowest BCUT2D eigenvalue weighted by Gasteiger charge is -2.40. The molecule has 1 saturated heterocycles.